The highest BCUT2D eigenvalue weighted by atomic mass is 35.5. The Morgan fingerprint density at radius 3 is 2.91 bits per heavy atom. The van der Waals surface area contributed by atoms with Crippen LogP contribution in [0.4, 0.5) is 0 Å². The quantitative estimate of drug-likeness (QED) is 0.864. The van der Waals surface area contributed by atoms with Crippen LogP contribution in [0, 0.1) is 11.8 Å². The van der Waals surface area contributed by atoms with E-state index in [-0.39, 0.29) is 17.8 Å². The van der Waals surface area contributed by atoms with Gasteiger partial charge in [-0.15, -0.1) is 12.4 Å². The van der Waals surface area contributed by atoms with Gasteiger partial charge < -0.3 is 10.1 Å². The molecule has 2 bridgehead atoms. The predicted octanol–water partition coefficient (Wildman–Crippen LogP) is 2.89. The molecule has 0 spiro atoms. The lowest BCUT2D eigenvalue weighted by Gasteiger charge is -2.57. The van der Waals surface area contributed by atoms with Gasteiger partial charge in [0.05, 0.1) is 7.11 Å². The average Bonchev–Trinajstić information content (AvgIpc) is 2.46. The molecule has 1 aromatic carbocycles. The molecule has 4 rings (SSSR count). The molecule has 1 N–H and O–H groups in total. The number of benzene rings is 1. The molecular formula is C18H24ClNO2. The molecule has 2 aliphatic carbocycles. The fraction of sp³-hybridized carbons (Fsp3) is 0.611. The summed E-state index contributed by atoms with van der Waals surface area (Å²) in [5, 5.41) is 3.72. The molecule has 1 aromatic rings. The Balaban J connectivity index is 0.00000144. The summed E-state index contributed by atoms with van der Waals surface area (Å²) in [6, 6.07) is 6.99. The van der Waals surface area contributed by atoms with Gasteiger partial charge in [0.1, 0.15) is 11.5 Å². The number of hydrogen-bond donors (Lipinski definition) is 1. The number of carbonyl (C=O) groups excluding carboxylic acids is 1. The van der Waals surface area contributed by atoms with E-state index in [2.05, 4.69) is 30.4 Å². The minimum atomic E-state index is 0. The van der Waals surface area contributed by atoms with E-state index in [0.29, 0.717) is 23.7 Å². The van der Waals surface area contributed by atoms with Crippen LogP contribution >= 0.6 is 12.4 Å². The van der Waals surface area contributed by atoms with Crippen LogP contribution in [0.25, 0.3) is 0 Å². The maximum Gasteiger partial charge on any atom is 0.134 e. The van der Waals surface area contributed by atoms with Gasteiger partial charge in [-0.2, -0.15) is 0 Å². The van der Waals surface area contributed by atoms with Crippen LogP contribution < -0.4 is 10.1 Å². The number of Topliss-reactive ketones (excluding diaryl/α,β-unsaturated/α-hetero) is 1. The summed E-state index contributed by atoms with van der Waals surface area (Å²) in [4.78, 5) is 12.3. The molecule has 120 valence electrons. The molecule has 3 aliphatic rings. The largest absolute Gasteiger partial charge is 0.497 e. The molecule has 0 radical (unpaired) electrons. The third-order valence-corrected chi connectivity index (χ3v) is 6.02. The number of carbonyl (C=O) groups is 1. The highest BCUT2D eigenvalue weighted by Gasteiger charge is 2.55. The molecule has 1 heterocycles. The van der Waals surface area contributed by atoms with E-state index in [4.69, 9.17) is 4.74 Å². The maximum absolute atomic E-state index is 12.3. The lowest BCUT2D eigenvalue weighted by atomic mass is 9.50. The molecule has 0 aromatic heterocycles. The summed E-state index contributed by atoms with van der Waals surface area (Å²) >= 11 is 0. The first-order valence-electron chi connectivity index (χ1n) is 8.06. The zero-order valence-corrected chi connectivity index (χ0v) is 14.0. The second-order valence-electron chi connectivity index (χ2n) is 7.12. The third kappa shape index (κ3) is 2.10. The Hall–Kier alpha value is -1.06. The second kappa shape index (κ2) is 5.54. The molecule has 3 nitrogen and oxygen atoms in total. The molecule has 2 fully saturated rings. The third-order valence-electron chi connectivity index (χ3n) is 6.02. The first-order chi connectivity index (χ1) is 10.1. The summed E-state index contributed by atoms with van der Waals surface area (Å²) in [6.07, 6.45) is 3.64. The highest BCUT2D eigenvalue weighted by molar-refractivity contribution is 5.85. The van der Waals surface area contributed by atoms with Gasteiger partial charge >= 0.3 is 0 Å². The second-order valence-corrected chi connectivity index (χ2v) is 7.12. The molecule has 1 unspecified atom stereocenters. The smallest absolute Gasteiger partial charge is 0.134 e. The summed E-state index contributed by atoms with van der Waals surface area (Å²) in [7, 11) is 1.72. The zero-order chi connectivity index (χ0) is 14.6. The lowest BCUT2D eigenvalue weighted by Crippen LogP contribution is -2.62. The SMILES string of the molecule is COc1ccc2c(c1)[C@]13CCN[C@H](C2)[C@@H]1C(C)CC(=O)C3.Cl. The predicted molar refractivity (Wildman–Crippen MR) is 88.9 cm³/mol. The Morgan fingerprint density at radius 1 is 1.32 bits per heavy atom. The Labute approximate surface area is 138 Å². The first-order valence-corrected chi connectivity index (χ1v) is 8.06. The molecular weight excluding hydrogens is 298 g/mol. The zero-order valence-electron chi connectivity index (χ0n) is 13.2. The fourth-order valence-corrected chi connectivity index (χ4v) is 5.39. The number of ether oxygens (including phenoxy) is 1. The van der Waals surface area contributed by atoms with Crippen molar-refractivity contribution in [3.8, 4) is 5.75 Å². The molecule has 4 atom stereocenters. The van der Waals surface area contributed by atoms with Crippen molar-refractivity contribution < 1.29 is 9.53 Å². The maximum atomic E-state index is 12.3. The highest BCUT2D eigenvalue weighted by Crippen LogP contribution is 2.55. The van der Waals surface area contributed by atoms with Gasteiger partial charge in [0.15, 0.2) is 0 Å². The van der Waals surface area contributed by atoms with Gasteiger partial charge in [-0.05, 0) is 54.5 Å². The Morgan fingerprint density at radius 2 is 2.14 bits per heavy atom. The van der Waals surface area contributed by atoms with Crippen LogP contribution in [0.2, 0.25) is 0 Å². The number of ketones is 1. The summed E-state index contributed by atoms with van der Waals surface area (Å²) in [5.41, 5.74) is 2.85. The van der Waals surface area contributed by atoms with Crippen LogP contribution in [0.3, 0.4) is 0 Å². The van der Waals surface area contributed by atoms with Crippen molar-refractivity contribution in [1.29, 1.82) is 0 Å². The van der Waals surface area contributed by atoms with Gasteiger partial charge in [0, 0.05) is 24.3 Å². The van der Waals surface area contributed by atoms with E-state index in [1.165, 1.54) is 11.1 Å². The van der Waals surface area contributed by atoms with E-state index >= 15 is 0 Å². The van der Waals surface area contributed by atoms with Crippen molar-refractivity contribution in [3.63, 3.8) is 0 Å². The number of piperidine rings is 1. The van der Waals surface area contributed by atoms with Gasteiger partial charge in [-0.1, -0.05) is 13.0 Å². The monoisotopic (exact) mass is 321 g/mol. The molecule has 1 saturated carbocycles. The van der Waals surface area contributed by atoms with Crippen LogP contribution in [0.5, 0.6) is 5.75 Å². The van der Waals surface area contributed by atoms with Crippen LogP contribution in [0.15, 0.2) is 18.2 Å². The summed E-state index contributed by atoms with van der Waals surface area (Å²) in [6.45, 7) is 3.29. The van der Waals surface area contributed by atoms with Gasteiger partial charge in [-0.3, -0.25) is 4.79 Å². The molecule has 22 heavy (non-hydrogen) atoms. The number of fused-ring (bicyclic) bond motifs is 1. The minimum Gasteiger partial charge on any atom is -0.497 e. The molecule has 1 saturated heterocycles. The number of methoxy groups -OCH3 is 1. The topological polar surface area (TPSA) is 38.3 Å². The van der Waals surface area contributed by atoms with Crippen molar-refractivity contribution >= 4 is 18.2 Å². The van der Waals surface area contributed by atoms with Crippen molar-refractivity contribution in [2.75, 3.05) is 13.7 Å². The van der Waals surface area contributed by atoms with E-state index in [1.54, 1.807) is 7.11 Å². The summed E-state index contributed by atoms with van der Waals surface area (Å²) < 4.78 is 5.45. The van der Waals surface area contributed by atoms with Gasteiger partial charge in [0.2, 0.25) is 0 Å². The molecule has 1 aliphatic heterocycles. The molecule has 4 heteroatoms. The first kappa shape index (κ1) is 15.8. The van der Waals surface area contributed by atoms with E-state index in [0.717, 1.165) is 38.0 Å². The standard InChI is InChI=1S/C18H23NO2.ClH/c1-11-7-13(20)10-18-5-6-19-16(17(11)18)8-12-3-4-14(21-2)9-15(12)18;/h3-4,9,11,16-17,19H,5-8,10H2,1-2H3;1H/t11?,16-,17+,18-;/m1./s1. The van der Waals surface area contributed by atoms with Crippen molar-refractivity contribution in [2.45, 2.75) is 44.1 Å². The number of halogens is 1. The lowest BCUT2D eigenvalue weighted by molar-refractivity contribution is -0.127. The van der Waals surface area contributed by atoms with Gasteiger partial charge in [0.25, 0.3) is 0 Å². The number of hydrogen-bond acceptors (Lipinski definition) is 3. The van der Waals surface area contributed by atoms with E-state index in [9.17, 15) is 4.79 Å². The van der Waals surface area contributed by atoms with E-state index < -0.39 is 0 Å². The Bertz CT molecular complexity index is 603. The van der Waals surface area contributed by atoms with Crippen LogP contribution in [0.1, 0.15) is 37.3 Å². The summed E-state index contributed by atoms with van der Waals surface area (Å²) in [5.74, 6) is 2.42. The normalized spacial score (nSPS) is 35.9. The number of nitrogens with one attached hydrogen (secondary N) is 1. The van der Waals surface area contributed by atoms with Crippen LogP contribution in [-0.4, -0.2) is 25.5 Å². The molecule has 0 amide bonds. The van der Waals surface area contributed by atoms with Crippen LogP contribution in [-0.2, 0) is 16.6 Å². The minimum absolute atomic E-state index is 0. The van der Waals surface area contributed by atoms with Gasteiger partial charge in [-0.25, -0.2) is 0 Å². The Kier molecular flexibility index (Phi) is 3.98. The van der Waals surface area contributed by atoms with Crippen molar-refractivity contribution in [1.82, 2.24) is 5.32 Å². The van der Waals surface area contributed by atoms with E-state index in [1.807, 2.05) is 0 Å². The number of rotatable bonds is 1. The fourth-order valence-electron chi connectivity index (χ4n) is 5.39. The average molecular weight is 322 g/mol. The van der Waals surface area contributed by atoms with Crippen molar-refractivity contribution in [3.05, 3.63) is 29.3 Å². The van der Waals surface area contributed by atoms with Crippen molar-refractivity contribution in [2.24, 2.45) is 11.8 Å².